The highest BCUT2D eigenvalue weighted by Crippen LogP contribution is 2.57. The van der Waals surface area contributed by atoms with E-state index in [0.29, 0.717) is 16.9 Å². The zero-order chi connectivity index (χ0) is 20.1. The van der Waals surface area contributed by atoms with Gasteiger partial charge in [-0.25, -0.2) is 0 Å². The molecule has 29 heavy (non-hydrogen) atoms. The first-order chi connectivity index (χ1) is 14.0. The first kappa shape index (κ1) is 18.6. The van der Waals surface area contributed by atoms with E-state index in [-0.39, 0.29) is 47.6 Å². The predicted molar refractivity (Wildman–Crippen MR) is 115 cm³/mol. The van der Waals surface area contributed by atoms with Crippen molar-refractivity contribution in [1.82, 2.24) is 0 Å². The Kier molecular flexibility index (Phi) is 4.57. The number of halogens is 1. The molecule has 6 nitrogen and oxygen atoms in total. The molecule has 3 aliphatic rings. The number of esters is 1. The maximum atomic E-state index is 12.9. The van der Waals surface area contributed by atoms with Crippen molar-refractivity contribution in [2.75, 3.05) is 10.6 Å². The normalized spacial score (nSPS) is 28.9. The van der Waals surface area contributed by atoms with Gasteiger partial charge >= 0.3 is 5.97 Å². The number of amides is 2. The molecular weight excluding hydrogens is 483 g/mol. The van der Waals surface area contributed by atoms with E-state index in [4.69, 9.17) is 4.74 Å². The lowest BCUT2D eigenvalue weighted by Crippen LogP contribution is -2.35. The minimum absolute atomic E-state index is 0.00911. The third kappa shape index (κ3) is 3.31. The summed E-state index contributed by atoms with van der Waals surface area (Å²) in [6.07, 6.45) is 1.68. The molecule has 3 fully saturated rings. The van der Waals surface area contributed by atoms with Crippen LogP contribution in [0, 0.1) is 27.2 Å². The van der Waals surface area contributed by atoms with Crippen molar-refractivity contribution in [1.29, 1.82) is 0 Å². The smallest absolute Gasteiger partial charge is 0.310 e. The summed E-state index contributed by atoms with van der Waals surface area (Å²) in [5.41, 5.74) is 1.71. The van der Waals surface area contributed by atoms with E-state index in [2.05, 4.69) is 33.2 Å². The summed E-state index contributed by atoms with van der Waals surface area (Å²) >= 11 is 2.21. The SMILES string of the molecule is O=C(Nc1ccc(I)cc1)c1cccc(NC(=O)[C@H]2[C@H]3C[C@H]4[C@H]2C(=O)O[C@H]4C3)c1. The van der Waals surface area contributed by atoms with Crippen LogP contribution >= 0.6 is 22.6 Å². The number of hydrogen-bond donors (Lipinski definition) is 2. The Labute approximate surface area is 181 Å². The second-order valence-corrected chi connectivity index (χ2v) is 9.20. The zero-order valence-corrected chi connectivity index (χ0v) is 17.6. The molecule has 2 N–H and O–H groups in total. The highest BCUT2D eigenvalue weighted by molar-refractivity contribution is 14.1. The van der Waals surface area contributed by atoms with E-state index in [1.165, 1.54) is 0 Å². The van der Waals surface area contributed by atoms with Crippen LogP contribution in [-0.4, -0.2) is 23.9 Å². The third-order valence-electron chi connectivity index (χ3n) is 6.28. The van der Waals surface area contributed by atoms with E-state index in [1.54, 1.807) is 24.3 Å². The van der Waals surface area contributed by atoms with Crippen LogP contribution in [0.5, 0.6) is 0 Å². The molecule has 2 aromatic carbocycles. The van der Waals surface area contributed by atoms with Crippen LogP contribution < -0.4 is 10.6 Å². The average molecular weight is 502 g/mol. The lowest BCUT2D eigenvalue weighted by atomic mass is 9.79. The van der Waals surface area contributed by atoms with Crippen molar-refractivity contribution in [3.63, 3.8) is 0 Å². The molecule has 2 bridgehead atoms. The molecule has 2 aromatic rings. The van der Waals surface area contributed by atoms with Crippen LogP contribution in [0.2, 0.25) is 0 Å². The summed E-state index contributed by atoms with van der Waals surface area (Å²) in [4.78, 5) is 37.6. The average Bonchev–Trinajstić information content (AvgIpc) is 3.32. The van der Waals surface area contributed by atoms with Gasteiger partial charge in [0.25, 0.3) is 5.91 Å². The van der Waals surface area contributed by atoms with E-state index < -0.39 is 0 Å². The van der Waals surface area contributed by atoms with Crippen LogP contribution in [-0.2, 0) is 14.3 Å². The Bertz CT molecular complexity index is 1000. The molecule has 0 unspecified atom stereocenters. The van der Waals surface area contributed by atoms with Crippen LogP contribution in [0.4, 0.5) is 11.4 Å². The number of fused-ring (bicyclic) bond motifs is 1. The number of hydrogen-bond acceptors (Lipinski definition) is 4. The molecule has 5 atom stereocenters. The molecule has 0 spiro atoms. The molecule has 5 rings (SSSR count). The molecule has 2 saturated carbocycles. The van der Waals surface area contributed by atoms with Crippen molar-refractivity contribution in [2.24, 2.45) is 23.7 Å². The van der Waals surface area contributed by atoms with Gasteiger partial charge in [0.05, 0.1) is 11.8 Å². The molecule has 0 radical (unpaired) electrons. The number of ether oxygens (including phenoxy) is 1. The van der Waals surface area contributed by atoms with E-state index in [1.807, 2.05) is 24.3 Å². The van der Waals surface area contributed by atoms with Crippen LogP contribution in [0.1, 0.15) is 23.2 Å². The van der Waals surface area contributed by atoms with Crippen LogP contribution in [0.15, 0.2) is 48.5 Å². The Balaban J connectivity index is 1.29. The monoisotopic (exact) mass is 502 g/mol. The van der Waals surface area contributed by atoms with Gasteiger partial charge in [-0.3, -0.25) is 14.4 Å². The molecule has 2 aliphatic carbocycles. The van der Waals surface area contributed by atoms with Gasteiger partial charge in [-0.05, 0) is 83.8 Å². The number of nitrogens with one attached hydrogen (secondary N) is 2. The maximum Gasteiger partial charge on any atom is 0.310 e. The molecular formula is C22H19IN2O4. The fourth-order valence-corrected chi connectivity index (χ4v) is 5.42. The van der Waals surface area contributed by atoms with Crippen molar-refractivity contribution in [3.05, 3.63) is 57.7 Å². The van der Waals surface area contributed by atoms with E-state index >= 15 is 0 Å². The summed E-state index contributed by atoms with van der Waals surface area (Å²) < 4.78 is 6.50. The van der Waals surface area contributed by atoms with Crippen molar-refractivity contribution in [3.8, 4) is 0 Å². The zero-order valence-electron chi connectivity index (χ0n) is 15.4. The number of anilines is 2. The Morgan fingerprint density at radius 3 is 2.59 bits per heavy atom. The number of carbonyl (C=O) groups is 3. The second-order valence-electron chi connectivity index (χ2n) is 7.95. The topological polar surface area (TPSA) is 84.5 Å². The maximum absolute atomic E-state index is 12.9. The fraction of sp³-hybridized carbons (Fsp3) is 0.318. The van der Waals surface area contributed by atoms with Gasteiger partial charge in [-0.15, -0.1) is 0 Å². The first-order valence-electron chi connectivity index (χ1n) is 9.68. The van der Waals surface area contributed by atoms with Gasteiger partial charge in [0, 0.05) is 26.4 Å². The number of benzene rings is 2. The summed E-state index contributed by atoms with van der Waals surface area (Å²) in [6, 6.07) is 14.4. The van der Waals surface area contributed by atoms with Crippen LogP contribution in [0.25, 0.3) is 0 Å². The summed E-state index contributed by atoms with van der Waals surface area (Å²) in [5.74, 6) is -0.894. The van der Waals surface area contributed by atoms with Crippen LogP contribution in [0.3, 0.4) is 0 Å². The Hall–Kier alpha value is -2.42. The van der Waals surface area contributed by atoms with Crippen molar-refractivity contribution in [2.45, 2.75) is 18.9 Å². The quantitative estimate of drug-likeness (QED) is 0.494. The summed E-state index contributed by atoms with van der Waals surface area (Å²) in [5, 5.41) is 5.77. The second kappa shape index (κ2) is 7.12. The summed E-state index contributed by atoms with van der Waals surface area (Å²) in [7, 11) is 0. The third-order valence-corrected chi connectivity index (χ3v) is 7.00. The van der Waals surface area contributed by atoms with Gasteiger partial charge in [-0.1, -0.05) is 6.07 Å². The molecule has 148 valence electrons. The molecule has 1 saturated heterocycles. The van der Waals surface area contributed by atoms with Gasteiger partial charge in [-0.2, -0.15) is 0 Å². The van der Waals surface area contributed by atoms with Gasteiger partial charge in [0.1, 0.15) is 6.10 Å². The fourth-order valence-electron chi connectivity index (χ4n) is 5.06. The Morgan fingerprint density at radius 1 is 1.00 bits per heavy atom. The van der Waals surface area contributed by atoms with Gasteiger partial charge in [0.15, 0.2) is 0 Å². The minimum atomic E-state index is -0.337. The highest BCUT2D eigenvalue weighted by atomic mass is 127. The van der Waals surface area contributed by atoms with Crippen molar-refractivity contribution >= 4 is 51.7 Å². The summed E-state index contributed by atoms with van der Waals surface area (Å²) in [6.45, 7) is 0. The van der Waals surface area contributed by atoms with E-state index in [0.717, 1.165) is 16.4 Å². The highest BCUT2D eigenvalue weighted by Gasteiger charge is 2.63. The lowest BCUT2D eigenvalue weighted by Gasteiger charge is -2.23. The van der Waals surface area contributed by atoms with E-state index in [9.17, 15) is 14.4 Å². The van der Waals surface area contributed by atoms with Gasteiger partial charge in [0.2, 0.25) is 5.91 Å². The Morgan fingerprint density at radius 2 is 1.79 bits per heavy atom. The molecule has 1 aliphatic heterocycles. The minimum Gasteiger partial charge on any atom is -0.462 e. The lowest BCUT2D eigenvalue weighted by molar-refractivity contribution is -0.145. The largest absolute Gasteiger partial charge is 0.462 e. The first-order valence-corrected chi connectivity index (χ1v) is 10.8. The van der Waals surface area contributed by atoms with Crippen molar-refractivity contribution < 1.29 is 19.1 Å². The number of carbonyl (C=O) groups excluding carboxylic acids is 3. The molecule has 7 heteroatoms. The molecule has 1 heterocycles. The standard InChI is InChI=1S/C22H19IN2O4/c23-13-4-6-14(7-5-13)24-20(26)11-2-1-3-15(8-11)25-21(27)18-12-9-16-17(10-12)29-22(28)19(16)18/h1-8,12,16-19H,9-10H2,(H,24,26)(H,25,27)/t12-,16+,17-,18-,19+/m0/s1. The molecule has 2 amide bonds. The predicted octanol–water partition coefficient (Wildman–Crippen LogP) is 3.68. The molecule has 0 aromatic heterocycles. The van der Waals surface area contributed by atoms with Gasteiger partial charge < -0.3 is 15.4 Å². The number of rotatable bonds is 4.